The van der Waals surface area contributed by atoms with Crippen LogP contribution in [0.1, 0.15) is 60.3 Å². The molecule has 10 N–H and O–H groups in total. The molecule has 69 heavy (non-hydrogen) atoms. The van der Waals surface area contributed by atoms with Gasteiger partial charge in [0, 0.05) is 13.0 Å². The van der Waals surface area contributed by atoms with E-state index < -0.39 is 143 Å². The number of hydrogen-bond acceptors (Lipinski definition) is 21. The van der Waals surface area contributed by atoms with Crippen LogP contribution in [-0.2, 0) is 51.9 Å². The fourth-order valence-corrected chi connectivity index (χ4v) is 13.9. The van der Waals surface area contributed by atoms with Crippen molar-refractivity contribution in [1.29, 1.82) is 0 Å². The third-order valence-corrected chi connectivity index (χ3v) is 18.4. The van der Waals surface area contributed by atoms with Crippen LogP contribution in [0.5, 0.6) is 0 Å². The first kappa shape index (κ1) is 55.7. The van der Waals surface area contributed by atoms with Crippen LogP contribution in [0.25, 0.3) is 0 Å². The molecule has 0 saturated carbocycles. The number of esters is 1. The predicted molar refractivity (Wildman–Crippen MR) is 242 cm³/mol. The number of carbonyl (C=O) groups is 1. The van der Waals surface area contributed by atoms with Gasteiger partial charge in [-0.15, -0.1) is 0 Å². The summed E-state index contributed by atoms with van der Waals surface area (Å²) in [4.78, 5) is 11.9. The van der Waals surface area contributed by atoms with E-state index in [1.807, 2.05) is 60.7 Å². The average molecular weight is 1000 g/mol. The fraction of sp³-hybridized carbons (Fsp3) is 0.723. The highest BCUT2D eigenvalue weighted by Gasteiger charge is 2.58. The van der Waals surface area contributed by atoms with Gasteiger partial charge in [-0.2, -0.15) is 0 Å². The summed E-state index contributed by atoms with van der Waals surface area (Å²) >= 11 is 0. The van der Waals surface area contributed by atoms with E-state index in [1.54, 1.807) is 0 Å². The Labute approximate surface area is 402 Å². The number of ether oxygens (including phenoxy) is 9. The topological polar surface area (TPSA) is 312 Å². The maximum Gasteiger partial charge on any atom is 0.305 e. The highest BCUT2D eigenvalue weighted by atomic mass is 28.4. The highest BCUT2D eigenvalue weighted by Crippen LogP contribution is 2.40. The van der Waals surface area contributed by atoms with Crippen molar-refractivity contribution in [1.82, 2.24) is 0 Å². The zero-order valence-corrected chi connectivity index (χ0v) is 40.7. The van der Waals surface area contributed by atoms with Gasteiger partial charge >= 0.3 is 5.97 Å². The molecular formula is C47H72O21Si. The molecule has 0 aliphatic carbocycles. The van der Waals surface area contributed by atoms with Gasteiger partial charge in [0.05, 0.1) is 32.5 Å². The Balaban J connectivity index is 1.49. The van der Waals surface area contributed by atoms with E-state index in [0.29, 0.717) is 19.3 Å². The molecule has 22 heteroatoms. The van der Waals surface area contributed by atoms with Crippen LogP contribution in [-0.4, -0.2) is 215 Å². The standard InChI is InChI=1S/C47H72O21Si/c1-24-31(50)34(53)37(56)43(62-24)66-40-29(23-61-69(47(3,4)5,26-16-10-7-11-17-26)27-18-12-8-13-19-27)65-46(60-21-15-9-14-20-30(49)59-6)42(68-44-38(57)35(54)32(51)25(2)63-44)41(40)67-45-39(58)36(55)33(52)28(22-48)64-45/h7-8,10-13,16-19,24-25,28-29,31-46,48,50-58H,9,14-15,20-23H2,1-6H3/t24-,25-,28+,29+,31+,32+,33-,34+,35+,36-,37-,38-,39+,40-,41-,42+,43-,44-,45+,46+/m0/s1. The van der Waals surface area contributed by atoms with Crippen molar-refractivity contribution >= 4 is 24.7 Å². The van der Waals surface area contributed by atoms with Gasteiger partial charge in [-0.25, -0.2) is 0 Å². The molecule has 0 spiro atoms. The molecule has 0 bridgehead atoms. The lowest BCUT2D eigenvalue weighted by atomic mass is 9.95. The number of aliphatic hydroxyl groups excluding tert-OH is 10. The summed E-state index contributed by atoms with van der Waals surface area (Å²) in [5.74, 6) is -0.390. The summed E-state index contributed by atoms with van der Waals surface area (Å²) < 4.78 is 62.7. The number of hydrogen-bond donors (Lipinski definition) is 10. The quantitative estimate of drug-likeness (QED) is 0.0400. The molecule has 4 saturated heterocycles. The van der Waals surface area contributed by atoms with E-state index in [-0.39, 0.29) is 25.6 Å². The second-order valence-electron chi connectivity index (χ2n) is 19.1. The van der Waals surface area contributed by atoms with Crippen LogP contribution in [0.2, 0.25) is 5.04 Å². The molecule has 4 aliphatic rings. The minimum absolute atomic E-state index is 0.0376. The molecule has 0 amide bonds. The summed E-state index contributed by atoms with van der Waals surface area (Å²) in [6.45, 7) is 7.85. The van der Waals surface area contributed by atoms with Crippen molar-refractivity contribution in [3.63, 3.8) is 0 Å². The Morgan fingerprint density at radius 2 is 1.03 bits per heavy atom. The van der Waals surface area contributed by atoms with Crippen LogP contribution < -0.4 is 10.4 Å². The predicted octanol–water partition coefficient (Wildman–Crippen LogP) is -2.35. The Morgan fingerprint density at radius 1 is 0.565 bits per heavy atom. The maximum atomic E-state index is 11.9. The Kier molecular flexibility index (Phi) is 19.7. The Bertz CT molecular complexity index is 1820. The molecule has 0 unspecified atom stereocenters. The van der Waals surface area contributed by atoms with E-state index >= 15 is 0 Å². The van der Waals surface area contributed by atoms with Gasteiger partial charge in [0.15, 0.2) is 25.2 Å². The van der Waals surface area contributed by atoms with E-state index in [1.165, 1.54) is 21.0 Å². The third kappa shape index (κ3) is 12.4. The monoisotopic (exact) mass is 1000 g/mol. The second-order valence-corrected chi connectivity index (χ2v) is 23.4. The first-order chi connectivity index (χ1) is 32.7. The number of aliphatic hydroxyl groups is 10. The average Bonchev–Trinajstić information content (AvgIpc) is 3.33. The SMILES string of the molecule is COC(=O)CCCCCO[C@@H]1O[C@H](CO[Si](c2ccccc2)(c2ccccc2)C(C)(C)C)[C@H](O[C@@H]2O[C@@H](C)[C@@H](O)[C@@H](O)[C@@H]2O)[C@H](O[C@H]2O[C@H](CO)[C@H](O)[C@H](O)[C@H]2O)[C@H]1O[C@@H]1O[C@@H](C)[C@@H](O)[C@@H](O)[C@@H]1O. The van der Waals surface area contributed by atoms with Crippen LogP contribution in [0.15, 0.2) is 60.7 Å². The molecule has 4 fully saturated rings. The molecule has 390 valence electrons. The van der Waals surface area contributed by atoms with Gasteiger partial charge in [0.25, 0.3) is 8.32 Å². The summed E-state index contributed by atoms with van der Waals surface area (Å²) in [5.41, 5.74) is 0. The van der Waals surface area contributed by atoms with Gasteiger partial charge in [0.1, 0.15) is 85.5 Å². The normalized spacial score (nSPS) is 39.0. The van der Waals surface area contributed by atoms with Crippen LogP contribution in [0.3, 0.4) is 0 Å². The largest absolute Gasteiger partial charge is 0.469 e. The molecule has 0 radical (unpaired) electrons. The van der Waals surface area contributed by atoms with Crippen molar-refractivity contribution in [2.24, 2.45) is 0 Å². The lowest BCUT2D eigenvalue weighted by molar-refractivity contribution is -0.406. The summed E-state index contributed by atoms with van der Waals surface area (Å²) in [6.07, 6.45) is -31.5. The molecule has 20 atom stereocenters. The van der Waals surface area contributed by atoms with Crippen LogP contribution in [0.4, 0.5) is 0 Å². The van der Waals surface area contributed by atoms with Crippen molar-refractivity contribution in [3.8, 4) is 0 Å². The van der Waals surface area contributed by atoms with Crippen molar-refractivity contribution < 1.29 is 103 Å². The Hall–Kier alpha value is -2.63. The molecular weight excluding hydrogens is 929 g/mol. The van der Waals surface area contributed by atoms with Crippen LogP contribution in [0, 0.1) is 0 Å². The number of unbranched alkanes of at least 4 members (excludes halogenated alkanes) is 2. The molecule has 4 aliphatic heterocycles. The number of benzene rings is 2. The molecule has 4 heterocycles. The van der Waals surface area contributed by atoms with Gasteiger partial charge in [-0.1, -0.05) is 87.9 Å². The van der Waals surface area contributed by atoms with Crippen molar-refractivity contribution in [3.05, 3.63) is 60.7 Å². The minimum atomic E-state index is -3.42. The lowest BCUT2D eigenvalue weighted by Crippen LogP contribution is -2.70. The second kappa shape index (κ2) is 24.4. The molecule has 2 aromatic rings. The third-order valence-electron chi connectivity index (χ3n) is 13.3. The van der Waals surface area contributed by atoms with Crippen LogP contribution >= 0.6 is 0 Å². The lowest BCUT2D eigenvalue weighted by Gasteiger charge is -2.52. The summed E-state index contributed by atoms with van der Waals surface area (Å²) in [6, 6.07) is 19.3. The van der Waals surface area contributed by atoms with E-state index in [2.05, 4.69) is 20.8 Å². The smallest absolute Gasteiger partial charge is 0.305 e. The van der Waals surface area contributed by atoms with E-state index in [4.69, 9.17) is 47.1 Å². The first-order valence-corrected chi connectivity index (χ1v) is 25.4. The molecule has 2 aromatic carbocycles. The molecule has 6 rings (SSSR count). The van der Waals surface area contributed by atoms with Crippen molar-refractivity contribution in [2.75, 3.05) is 26.9 Å². The highest BCUT2D eigenvalue weighted by molar-refractivity contribution is 6.99. The van der Waals surface area contributed by atoms with Gasteiger partial charge in [0.2, 0.25) is 0 Å². The number of methoxy groups -OCH3 is 1. The zero-order valence-electron chi connectivity index (χ0n) is 39.7. The summed E-state index contributed by atoms with van der Waals surface area (Å²) in [7, 11) is -2.13. The zero-order chi connectivity index (χ0) is 50.4. The van der Waals surface area contributed by atoms with E-state index in [9.17, 15) is 55.9 Å². The van der Waals surface area contributed by atoms with Gasteiger partial charge in [-0.05, 0) is 42.1 Å². The Morgan fingerprint density at radius 3 is 1.52 bits per heavy atom. The van der Waals surface area contributed by atoms with Gasteiger partial charge < -0.3 is 98.1 Å². The van der Waals surface area contributed by atoms with Crippen molar-refractivity contribution in [2.45, 2.75) is 188 Å². The van der Waals surface area contributed by atoms with E-state index in [0.717, 1.165) is 10.4 Å². The molecule has 0 aromatic heterocycles. The summed E-state index contributed by atoms with van der Waals surface area (Å²) in [5, 5.41) is 110. The first-order valence-electron chi connectivity index (χ1n) is 23.5. The number of carbonyl (C=O) groups excluding carboxylic acids is 1. The fourth-order valence-electron chi connectivity index (χ4n) is 9.32. The number of rotatable bonds is 19. The van der Waals surface area contributed by atoms with Gasteiger partial charge in [-0.3, -0.25) is 4.79 Å². The molecule has 21 nitrogen and oxygen atoms in total. The minimum Gasteiger partial charge on any atom is -0.469 e. The maximum absolute atomic E-state index is 11.9.